The largest absolute Gasteiger partial charge is 0.296 e. The third-order valence-electron chi connectivity index (χ3n) is 2.05. The van der Waals surface area contributed by atoms with Crippen molar-refractivity contribution in [1.29, 1.82) is 0 Å². The van der Waals surface area contributed by atoms with Crippen molar-refractivity contribution in [1.82, 2.24) is 0 Å². The van der Waals surface area contributed by atoms with Crippen LogP contribution in [0.2, 0.25) is 5.02 Å². The van der Waals surface area contributed by atoms with Crippen LogP contribution in [0.5, 0.6) is 0 Å². The molecule has 0 amide bonds. The molecule has 82 valence electrons. The van der Waals surface area contributed by atoms with Crippen LogP contribution in [0.1, 0.15) is 19.4 Å². The minimum Gasteiger partial charge on any atom is -0.296 e. The molecule has 0 aliphatic carbocycles. The number of ketones is 1. The summed E-state index contributed by atoms with van der Waals surface area (Å²) in [4.78, 5) is 11.3. The van der Waals surface area contributed by atoms with E-state index in [0.29, 0.717) is 5.56 Å². The molecule has 1 aromatic rings. The van der Waals surface area contributed by atoms with E-state index >= 15 is 0 Å². The van der Waals surface area contributed by atoms with Crippen molar-refractivity contribution in [3.05, 3.63) is 34.6 Å². The van der Waals surface area contributed by atoms with Crippen molar-refractivity contribution in [2.75, 3.05) is 0 Å². The summed E-state index contributed by atoms with van der Waals surface area (Å²) < 4.78 is 26.2. The summed E-state index contributed by atoms with van der Waals surface area (Å²) in [5.41, 5.74) is -1.61. The second kappa shape index (κ2) is 4.27. The van der Waals surface area contributed by atoms with Gasteiger partial charge >= 0.3 is 0 Å². The molecule has 0 unspecified atom stereocenters. The summed E-state index contributed by atoms with van der Waals surface area (Å²) in [5.74, 6) is -1.21. The first kappa shape index (κ1) is 12.1. The Labute approximate surface area is 92.1 Å². The Morgan fingerprint density at radius 3 is 2.60 bits per heavy atom. The van der Waals surface area contributed by atoms with Gasteiger partial charge in [0.2, 0.25) is 0 Å². The molecule has 0 saturated heterocycles. The first-order chi connectivity index (χ1) is 6.82. The van der Waals surface area contributed by atoms with Gasteiger partial charge in [0.05, 0.1) is 5.02 Å². The van der Waals surface area contributed by atoms with E-state index in [0.717, 1.165) is 0 Å². The third-order valence-corrected chi connectivity index (χ3v) is 2.47. The summed E-state index contributed by atoms with van der Waals surface area (Å²) in [5, 5.41) is -0.116. The highest BCUT2D eigenvalue weighted by Gasteiger charge is 2.27. The van der Waals surface area contributed by atoms with Gasteiger partial charge in [-0.1, -0.05) is 23.7 Å². The van der Waals surface area contributed by atoms with Gasteiger partial charge in [-0.05, 0) is 25.5 Å². The Bertz CT molecular complexity index is 383. The molecular formula is C11H11ClF2O. The average molecular weight is 233 g/mol. The topological polar surface area (TPSA) is 17.1 Å². The second-order valence-corrected chi connectivity index (χ2v) is 4.16. The summed E-state index contributed by atoms with van der Waals surface area (Å²) in [6.45, 7) is 2.34. The number of halogens is 3. The lowest BCUT2D eigenvalue weighted by molar-refractivity contribution is -0.127. The Morgan fingerprint density at radius 2 is 2.07 bits per heavy atom. The molecule has 0 atom stereocenters. The molecule has 0 bridgehead atoms. The van der Waals surface area contributed by atoms with Crippen molar-refractivity contribution in [3.8, 4) is 0 Å². The number of benzene rings is 1. The maximum atomic E-state index is 13.2. The van der Waals surface area contributed by atoms with E-state index in [1.165, 1.54) is 32.0 Å². The van der Waals surface area contributed by atoms with Crippen LogP contribution in [0.3, 0.4) is 0 Å². The molecule has 0 aromatic heterocycles. The zero-order valence-electron chi connectivity index (χ0n) is 8.48. The standard InChI is InChI=1S/C11H11ClF2O/c1-11(2,14)9(15)6-7-4-3-5-8(13)10(7)12/h3-5H,6H2,1-2H3. The van der Waals surface area contributed by atoms with Crippen molar-refractivity contribution < 1.29 is 13.6 Å². The highest BCUT2D eigenvalue weighted by Crippen LogP contribution is 2.22. The average Bonchev–Trinajstić information content (AvgIpc) is 2.11. The van der Waals surface area contributed by atoms with Gasteiger partial charge in [-0.2, -0.15) is 0 Å². The van der Waals surface area contributed by atoms with Crippen LogP contribution >= 0.6 is 11.6 Å². The van der Waals surface area contributed by atoms with E-state index < -0.39 is 17.3 Å². The maximum absolute atomic E-state index is 13.2. The Balaban J connectivity index is 2.91. The van der Waals surface area contributed by atoms with E-state index in [1.54, 1.807) is 0 Å². The SMILES string of the molecule is CC(C)(F)C(=O)Cc1cccc(F)c1Cl. The fourth-order valence-electron chi connectivity index (χ4n) is 1.07. The molecular weight excluding hydrogens is 222 g/mol. The smallest absolute Gasteiger partial charge is 0.173 e. The lowest BCUT2D eigenvalue weighted by Crippen LogP contribution is -2.27. The van der Waals surface area contributed by atoms with Crippen LogP contribution in [0.25, 0.3) is 0 Å². The molecule has 0 saturated carbocycles. The molecule has 0 fully saturated rings. The Morgan fingerprint density at radius 1 is 1.47 bits per heavy atom. The molecule has 1 aromatic carbocycles. The van der Waals surface area contributed by atoms with Gasteiger partial charge in [0, 0.05) is 6.42 Å². The first-order valence-corrected chi connectivity index (χ1v) is 4.85. The lowest BCUT2D eigenvalue weighted by Gasteiger charge is -2.13. The van der Waals surface area contributed by atoms with Gasteiger partial charge < -0.3 is 0 Å². The second-order valence-electron chi connectivity index (χ2n) is 3.79. The van der Waals surface area contributed by atoms with Crippen molar-refractivity contribution in [3.63, 3.8) is 0 Å². The van der Waals surface area contributed by atoms with Crippen molar-refractivity contribution in [2.24, 2.45) is 0 Å². The lowest BCUT2D eigenvalue weighted by atomic mass is 9.98. The fourth-order valence-corrected chi connectivity index (χ4v) is 1.26. The predicted octanol–water partition coefficient (Wildman–Crippen LogP) is 3.34. The normalized spacial score (nSPS) is 11.5. The Hall–Kier alpha value is -0.960. The van der Waals surface area contributed by atoms with E-state index in [4.69, 9.17) is 11.6 Å². The summed E-state index contributed by atoms with van der Waals surface area (Å²) in [6.07, 6.45) is -0.194. The maximum Gasteiger partial charge on any atom is 0.173 e. The zero-order valence-corrected chi connectivity index (χ0v) is 9.24. The molecule has 0 heterocycles. The number of hydrogen-bond donors (Lipinski definition) is 0. The van der Waals surface area contributed by atoms with E-state index in [2.05, 4.69) is 0 Å². The van der Waals surface area contributed by atoms with Gasteiger partial charge in [0.15, 0.2) is 11.5 Å². The van der Waals surface area contributed by atoms with Gasteiger partial charge in [-0.15, -0.1) is 0 Å². The van der Waals surface area contributed by atoms with E-state index in [1.807, 2.05) is 0 Å². The highest BCUT2D eigenvalue weighted by molar-refractivity contribution is 6.31. The minimum absolute atomic E-state index is 0.116. The highest BCUT2D eigenvalue weighted by atomic mass is 35.5. The van der Waals surface area contributed by atoms with Crippen LogP contribution in [-0.4, -0.2) is 11.5 Å². The molecule has 4 heteroatoms. The minimum atomic E-state index is -1.92. The monoisotopic (exact) mass is 232 g/mol. The summed E-state index contributed by atoms with van der Waals surface area (Å²) >= 11 is 5.64. The number of rotatable bonds is 3. The summed E-state index contributed by atoms with van der Waals surface area (Å²) in [7, 11) is 0. The van der Waals surface area contributed by atoms with Crippen LogP contribution in [0.4, 0.5) is 8.78 Å². The van der Waals surface area contributed by atoms with E-state index in [9.17, 15) is 13.6 Å². The predicted molar refractivity (Wildman–Crippen MR) is 55.3 cm³/mol. The number of carbonyl (C=O) groups is 1. The molecule has 1 rings (SSSR count). The Kier molecular flexibility index (Phi) is 3.45. The van der Waals surface area contributed by atoms with E-state index in [-0.39, 0.29) is 11.4 Å². The molecule has 15 heavy (non-hydrogen) atoms. The number of hydrogen-bond acceptors (Lipinski definition) is 1. The van der Waals surface area contributed by atoms with Gasteiger partial charge in [-0.3, -0.25) is 4.79 Å². The quantitative estimate of drug-likeness (QED) is 0.781. The molecule has 0 aliphatic rings. The van der Waals surface area contributed by atoms with Crippen LogP contribution in [-0.2, 0) is 11.2 Å². The zero-order chi connectivity index (χ0) is 11.6. The summed E-state index contributed by atoms with van der Waals surface area (Å²) in [6, 6.07) is 4.14. The first-order valence-electron chi connectivity index (χ1n) is 4.47. The van der Waals surface area contributed by atoms with Gasteiger partial charge in [-0.25, -0.2) is 8.78 Å². The van der Waals surface area contributed by atoms with Crippen molar-refractivity contribution >= 4 is 17.4 Å². The van der Waals surface area contributed by atoms with Crippen LogP contribution in [0, 0.1) is 5.82 Å². The molecule has 0 spiro atoms. The molecule has 0 radical (unpaired) electrons. The van der Waals surface area contributed by atoms with Crippen LogP contribution < -0.4 is 0 Å². The molecule has 0 aliphatic heterocycles. The fraction of sp³-hybridized carbons (Fsp3) is 0.364. The number of Topliss-reactive ketones (excluding diaryl/α,β-unsaturated/α-hetero) is 1. The van der Waals surface area contributed by atoms with Crippen molar-refractivity contribution in [2.45, 2.75) is 25.9 Å². The van der Waals surface area contributed by atoms with Gasteiger partial charge in [0.1, 0.15) is 5.82 Å². The number of carbonyl (C=O) groups excluding carboxylic acids is 1. The molecule has 1 nitrogen and oxygen atoms in total. The van der Waals surface area contributed by atoms with Crippen LogP contribution in [0.15, 0.2) is 18.2 Å². The number of alkyl halides is 1. The molecule has 0 N–H and O–H groups in total. The van der Waals surface area contributed by atoms with Gasteiger partial charge in [0.25, 0.3) is 0 Å². The third kappa shape index (κ3) is 2.99.